The number of carbonyl (C=O) groups is 3. The zero-order valence-electron chi connectivity index (χ0n) is 19.6. The van der Waals surface area contributed by atoms with Crippen LogP contribution in [-0.4, -0.2) is 40.8 Å². The second-order valence-electron chi connectivity index (χ2n) is 9.78. The van der Waals surface area contributed by atoms with Crippen LogP contribution < -0.4 is 25.0 Å². The van der Waals surface area contributed by atoms with Gasteiger partial charge in [-0.2, -0.15) is 0 Å². The van der Waals surface area contributed by atoms with Crippen molar-refractivity contribution in [3.8, 4) is 23.0 Å². The van der Waals surface area contributed by atoms with Gasteiger partial charge in [0.05, 0.1) is 17.5 Å². The van der Waals surface area contributed by atoms with Gasteiger partial charge in [0.1, 0.15) is 5.54 Å². The summed E-state index contributed by atoms with van der Waals surface area (Å²) < 4.78 is 10.8. The summed E-state index contributed by atoms with van der Waals surface area (Å²) in [7, 11) is 0. The molecule has 7 rings (SSSR count). The molecule has 2 saturated heterocycles. The summed E-state index contributed by atoms with van der Waals surface area (Å²) in [6.45, 7) is 0.0399. The van der Waals surface area contributed by atoms with E-state index in [1.807, 2.05) is 0 Å². The molecule has 192 valence electrons. The summed E-state index contributed by atoms with van der Waals surface area (Å²) in [6.07, 6.45) is 0.202. The lowest BCUT2D eigenvalue weighted by Crippen LogP contribution is -2.53. The van der Waals surface area contributed by atoms with Crippen molar-refractivity contribution in [1.82, 2.24) is 5.32 Å². The second-order valence-corrected chi connectivity index (χ2v) is 10.2. The molecule has 3 aromatic rings. The average molecular weight is 534 g/mol. The van der Waals surface area contributed by atoms with Gasteiger partial charge in [0.15, 0.2) is 23.0 Å². The Kier molecular flexibility index (Phi) is 4.73. The topological polar surface area (TPSA) is 137 Å². The van der Waals surface area contributed by atoms with Gasteiger partial charge in [0.25, 0.3) is 0 Å². The summed E-state index contributed by atoms with van der Waals surface area (Å²) in [5.74, 6) is -3.05. The number of rotatable bonds is 3. The minimum atomic E-state index is -1.54. The minimum Gasteiger partial charge on any atom is -0.504 e. The highest BCUT2D eigenvalue weighted by atomic mass is 35.5. The van der Waals surface area contributed by atoms with E-state index in [4.69, 9.17) is 21.1 Å². The lowest BCUT2D eigenvalue weighted by Gasteiger charge is -2.29. The number of benzene rings is 3. The number of anilines is 2. The van der Waals surface area contributed by atoms with Crippen LogP contribution in [-0.2, 0) is 26.3 Å². The lowest BCUT2D eigenvalue weighted by molar-refractivity contribution is -0.130. The molecule has 0 aromatic heterocycles. The molecular weight excluding hydrogens is 514 g/mol. The molecule has 1 spiro atoms. The van der Waals surface area contributed by atoms with Gasteiger partial charge in [-0.05, 0) is 54.4 Å². The first kappa shape index (κ1) is 22.9. The Labute approximate surface area is 220 Å². The fraction of sp³-hybridized carbons (Fsp3) is 0.222. The van der Waals surface area contributed by atoms with E-state index in [9.17, 15) is 24.6 Å². The smallest absolute Gasteiger partial charge is 0.250 e. The van der Waals surface area contributed by atoms with Crippen LogP contribution in [0.4, 0.5) is 11.4 Å². The largest absolute Gasteiger partial charge is 0.504 e. The van der Waals surface area contributed by atoms with E-state index in [1.54, 1.807) is 42.5 Å². The first-order valence-electron chi connectivity index (χ1n) is 12.0. The summed E-state index contributed by atoms with van der Waals surface area (Å²) in [4.78, 5) is 42.8. The number of hydrogen-bond acceptors (Lipinski definition) is 8. The SMILES string of the molecule is O=C1[C@H]2[C@@H](C(=O)N1c1ccc3c(c1)OCO3)[C@@]1(N[C@@H]2Cc2ccc(O)c(O)c2)C(=O)Nc2ccc(Cl)cc21. The fourth-order valence-corrected chi connectivity index (χ4v) is 6.35. The van der Waals surface area contributed by atoms with Crippen LogP contribution in [0, 0.1) is 11.8 Å². The molecule has 3 amide bonds. The number of amides is 3. The molecule has 10 nitrogen and oxygen atoms in total. The number of nitrogens with one attached hydrogen (secondary N) is 2. The van der Waals surface area contributed by atoms with Crippen LogP contribution in [0.25, 0.3) is 0 Å². The van der Waals surface area contributed by atoms with Crippen LogP contribution in [0.1, 0.15) is 11.1 Å². The zero-order valence-corrected chi connectivity index (χ0v) is 20.4. The molecule has 0 aliphatic carbocycles. The Morgan fingerprint density at radius 3 is 2.58 bits per heavy atom. The molecule has 0 bridgehead atoms. The number of halogens is 1. The normalized spacial score (nSPS) is 26.7. The van der Waals surface area contributed by atoms with Crippen LogP contribution in [0.15, 0.2) is 54.6 Å². The van der Waals surface area contributed by atoms with E-state index < -0.39 is 41.1 Å². The molecule has 3 aromatic carbocycles. The highest BCUT2D eigenvalue weighted by Crippen LogP contribution is 2.54. The Hall–Kier alpha value is -4.28. The average Bonchev–Trinajstić information content (AvgIpc) is 3.61. The maximum Gasteiger partial charge on any atom is 0.250 e. The van der Waals surface area contributed by atoms with Gasteiger partial charge in [-0.25, -0.2) is 4.90 Å². The third kappa shape index (κ3) is 3.01. The van der Waals surface area contributed by atoms with Crippen molar-refractivity contribution >= 4 is 40.7 Å². The number of phenols is 2. The lowest BCUT2D eigenvalue weighted by atomic mass is 9.76. The fourth-order valence-electron chi connectivity index (χ4n) is 6.18. The molecule has 4 N–H and O–H groups in total. The van der Waals surface area contributed by atoms with Gasteiger partial charge >= 0.3 is 0 Å². The van der Waals surface area contributed by atoms with Crippen molar-refractivity contribution in [1.29, 1.82) is 0 Å². The molecule has 4 aliphatic rings. The highest BCUT2D eigenvalue weighted by Gasteiger charge is 2.70. The van der Waals surface area contributed by atoms with Crippen LogP contribution in [0.5, 0.6) is 23.0 Å². The Morgan fingerprint density at radius 2 is 1.76 bits per heavy atom. The summed E-state index contributed by atoms with van der Waals surface area (Å²) in [6, 6.07) is 13.5. The van der Waals surface area contributed by atoms with Crippen molar-refractivity contribution in [2.75, 3.05) is 17.0 Å². The molecule has 38 heavy (non-hydrogen) atoms. The van der Waals surface area contributed by atoms with Crippen LogP contribution in [0.2, 0.25) is 5.02 Å². The van der Waals surface area contributed by atoms with Crippen molar-refractivity contribution < 1.29 is 34.1 Å². The first-order chi connectivity index (χ1) is 18.3. The molecule has 4 atom stereocenters. The Balaban J connectivity index is 1.36. The van der Waals surface area contributed by atoms with Gasteiger partial charge in [-0.1, -0.05) is 17.7 Å². The second kappa shape index (κ2) is 7.86. The molecule has 0 radical (unpaired) electrons. The molecular formula is C27H20ClN3O7. The number of carbonyl (C=O) groups excluding carboxylic acids is 3. The zero-order chi connectivity index (χ0) is 26.3. The predicted octanol–water partition coefficient (Wildman–Crippen LogP) is 2.65. The third-order valence-electron chi connectivity index (χ3n) is 7.79. The van der Waals surface area contributed by atoms with Gasteiger partial charge < -0.3 is 25.0 Å². The Bertz CT molecular complexity index is 1580. The molecule has 4 aliphatic heterocycles. The van der Waals surface area contributed by atoms with E-state index in [0.29, 0.717) is 39.0 Å². The summed E-state index contributed by atoms with van der Waals surface area (Å²) >= 11 is 6.31. The van der Waals surface area contributed by atoms with Gasteiger partial charge in [-0.15, -0.1) is 0 Å². The monoisotopic (exact) mass is 533 g/mol. The minimum absolute atomic E-state index is 0.0399. The van der Waals surface area contributed by atoms with E-state index >= 15 is 0 Å². The van der Waals surface area contributed by atoms with E-state index in [1.165, 1.54) is 12.1 Å². The summed E-state index contributed by atoms with van der Waals surface area (Å²) in [5.41, 5.74) is 0.400. The quantitative estimate of drug-likeness (QED) is 0.298. The number of ether oxygens (including phenoxy) is 2. The van der Waals surface area contributed by atoms with E-state index in [2.05, 4.69) is 10.6 Å². The number of fused-ring (bicyclic) bond motifs is 5. The van der Waals surface area contributed by atoms with Gasteiger partial charge in [0.2, 0.25) is 24.5 Å². The van der Waals surface area contributed by atoms with E-state index in [0.717, 1.165) is 4.90 Å². The summed E-state index contributed by atoms with van der Waals surface area (Å²) in [5, 5.41) is 26.3. The van der Waals surface area contributed by atoms with Gasteiger partial charge in [-0.3, -0.25) is 19.7 Å². The number of imide groups is 1. The molecule has 11 heteroatoms. The molecule has 4 heterocycles. The number of nitrogens with zero attached hydrogens (tertiary/aromatic N) is 1. The number of hydrogen-bond donors (Lipinski definition) is 4. The predicted molar refractivity (Wildman–Crippen MR) is 134 cm³/mol. The van der Waals surface area contributed by atoms with Gasteiger partial charge in [0, 0.05) is 28.4 Å². The van der Waals surface area contributed by atoms with Crippen molar-refractivity contribution in [3.63, 3.8) is 0 Å². The van der Waals surface area contributed by atoms with Crippen molar-refractivity contribution in [2.24, 2.45) is 11.8 Å². The molecule has 0 saturated carbocycles. The van der Waals surface area contributed by atoms with Crippen molar-refractivity contribution in [2.45, 2.75) is 18.0 Å². The van der Waals surface area contributed by atoms with E-state index in [-0.39, 0.29) is 24.7 Å². The number of phenolic OH excluding ortho intramolecular Hbond substituents is 2. The number of aromatic hydroxyl groups is 2. The third-order valence-corrected chi connectivity index (χ3v) is 8.02. The maximum absolute atomic E-state index is 14.1. The molecule has 0 unspecified atom stereocenters. The highest BCUT2D eigenvalue weighted by molar-refractivity contribution is 6.31. The Morgan fingerprint density at radius 1 is 0.947 bits per heavy atom. The van der Waals surface area contributed by atoms with Crippen LogP contribution in [0.3, 0.4) is 0 Å². The molecule has 2 fully saturated rings. The standard InChI is InChI=1S/C27H20ClN3O7/c28-13-2-4-16-15(9-13)27(26(36)29-16)23-22(17(30-27)7-12-1-5-18(32)19(33)8-12)24(34)31(25(23)35)14-3-6-20-21(10-14)38-11-37-20/h1-6,8-10,17,22-23,30,32-33H,7,11H2,(H,29,36)/t17-,22-,23+,27-/m1/s1. The first-order valence-corrected chi connectivity index (χ1v) is 12.3. The van der Waals surface area contributed by atoms with Crippen LogP contribution >= 0.6 is 11.6 Å². The maximum atomic E-state index is 14.1. The van der Waals surface area contributed by atoms with Crippen molar-refractivity contribution in [3.05, 3.63) is 70.7 Å².